The number of hydrogen-bond donors (Lipinski definition) is 1. The van der Waals surface area contributed by atoms with Gasteiger partial charge < -0.3 is 14.6 Å². The van der Waals surface area contributed by atoms with E-state index in [9.17, 15) is 4.79 Å². The lowest BCUT2D eigenvalue weighted by molar-refractivity contribution is 0.0903. The minimum Gasteiger partial charge on any atom is -0.497 e. The van der Waals surface area contributed by atoms with Gasteiger partial charge >= 0.3 is 0 Å². The van der Waals surface area contributed by atoms with E-state index in [4.69, 9.17) is 4.74 Å². The highest BCUT2D eigenvalue weighted by Gasteiger charge is 2.22. The van der Waals surface area contributed by atoms with Gasteiger partial charge in [0.15, 0.2) is 5.69 Å². The number of carbonyl (C=O) groups excluding carboxylic acids is 1. The minimum atomic E-state index is -0.384. The number of carbonyl (C=O) groups is 1. The Morgan fingerprint density at radius 1 is 1.30 bits per heavy atom. The summed E-state index contributed by atoms with van der Waals surface area (Å²) in [5, 5.41) is 6.57. The van der Waals surface area contributed by atoms with Gasteiger partial charge in [0.1, 0.15) is 12.0 Å². The van der Waals surface area contributed by atoms with Gasteiger partial charge in [-0.1, -0.05) is 17.3 Å². The van der Waals surface area contributed by atoms with E-state index in [1.807, 2.05) is 38.1 Å². The van der Waals surface area contributed by atoms with Crippen molar-refractivity contribution in [2.75, 3.05) is 7.11 Å². The third kappa shape index (κ3) is 3.60. The van der Waals surface area contributed by atoms with Crippen molar-refractivity contribution < 1.29 is 14.1 Å². The molecule has 5 heteroatoms. The fraction of sp³-hybridized carbons (Fsp3) is 0.333. The Kier molecular flexibility index (Phi) is 4.08. The third-order valence-corrected chi connectivity index (χ3v) is 2.93. The first-order valence-corrected chi connectivity index (χ1v) is 6.36. The molecular formula is C15H18N2O3. The number of nitrogens with one attached hydrogen (secondary N) is 1. The second-order valence-electron chi connectivity index (χ2n) is 5.25. The number of rotatable bonds is 5. The molecule has 0 saturated carbocycles. The molecule has 1 N–H and O–H groups in total. The summed E-state index contributed by atoms with van der Waals surface area (Å²) in [7, 11) is 1.64. The van der Waals surface area contributed by atoms with Gasteiger partial charge in [-0.3, -0.25) is 4.79 Å². The van der Waals surface area contributed by atoms with Crippen LogP contribution in [0.4, 0.5) is 0 Å². The molecular weight excluding hydrogens is 256 g/mol. The van der Waals surface area contributed by atoms with Crippen LogP contribution in [0.15, 0.2) is 41.1 Å². The number of ether oxygens (including phenoxy) is 1. The largest absolute Gasteiger partial charge is 0.497 e. The van der Waals surface area contributed by atoms with E-state index < -0.39 is 0 Å². The highest BCUT2D eigenvalue weighted by atomic mass is 16.5. The lowest BCUT2D eigenvalue weighted by Crippen LogP contribution is -2.45. The van der Waals surface area contributed by atoms with Gasteiger partial charge in [0, 0.05) is 11.6 Å². The number of benzene rings is 1. The van der Waals surface area contributed by atoms with Crippen LogP contribution in [0.1, 0.15) is 29.9 Å². The van der Waals surface area contributed by atoms with Crippen molar-refractivity contribution in [3.8, 4) is 5.75 Å². The summed E-state index contributed by atoms with van der Waals surface area (Å²) in [4.78, 5) is 12.0. The summed E-state index contributed by atoms with van der Waals surface area (Å²) in [5.74, 6) is 0.579. The highest BCUT2D eigenvalue weighted by molar-refractivity contribution is 5.92. The van der Waals surface area contributed by atoms with E-state index >= 15 is 0 Å². The SMILES string of the molecule is COc1ccc(CC(C)(C)NC(=O)c2ccon2)cc1. The average molecular weight is 274 g/mol. The van der Waals surface area contributed by atoms with Gasteiger partial charge in [0.25, 0.3) is 5.91 Å². The van der Waals surface area contributed by atoms with Crippen molar-refractivity contribution in [3.63, 3.8) is 0 Å². The summed E-state index contributed by atoms with van der Waals surface area (Å²) >= 11 is 0. The Bertz CT molecular complexity index is 559. The zero-order valence-electron chi connectivity index (χ0n) is 11.8. The van der Waals surface area contributed by atoms with Crippen LogP contribution in [-0.4, -0.2) is 23.7 Å². The zero-order valence-corrected chi connectivity index (χ0v) is 11.8. The first-order chi connectivity index (χ1) is 9.50. The molecule has 2 aromatic rings. The molecule has 1 aromatic heterocycles. The molecule has 0 aliphatic heterocycles. The summed E-state index contributed by atoms with van der Waals surface area (Å²) in [5.41, 5.74) is 1.02. The van der Waals surface area contributed by atoms with Gasteiger partial charge in [-0.15, -0.1) is 0 Å². The van der Waals surface area contributed by atoms with Crippen LogP contribution >= 0.6 is 0 Å². The van der Waals surface area contributed by atoms with Crippen LogP contribution in [0.5, 0.6) is 5.75 Å². The van der Waals surface area contributed by atoms with Crippen molar-refractivity contribution in [1.82, 2.24) is 10.5 Å². The number of methoxy groups -OCH3 is 1. The van der Waals surface area contributed by atoms with E-state index in [2.05, 4.69) is 15.0 Å². The molecule has 0 atom stereocenters. The van der Waals surface area contributed by atoms with E-state index in [0.717, 1.165) is 11.3 Å². The summed E-state index contributed by atoms with van der Waals surface area (Å²) in [6.45, 7) is 3.93. The summed E-state index contributed by atoms with van der Waals surface area (Å²) < 4.78 is 9.79. The molecule has 106 valence electrons. The Morgan fingerprint density at radius 3 is 2.55 bits per heavy atom. The molecule has 0 unspecified atom stereocenters. The highest BCUT2D eigenvalue weighted by Crippen LogP contribution is 2.17. The quantitative estimate of drug-likeness (QED) is 0.909. The predicted molar refractivity (Wildman–Crippen MR) is 74.7 cm³/mol. The van der Waals surface area contributed by atoms with Crippen molar-refractivity contribution in [2.24, 2.45) is 0 Å². The molecule has 0 radical (unpaired) electrons. The number of nitrogens with zero attached hydrogens (tertiary/aromatic N) is 1. The molecule has 0 fully saturated rings. The smallest absolute Gasteiger partial charge is 0.273 e. The molecule has 0 aliphatic carbocycles. The van der Waals surface area contributed by atoms with Crippen LogP contribution in [0, 0.1) is 0 Å². The van der Waals surface area contributed by atoms with Crippen molar-refractivity contribution in [1.29, 1.82) is 0 Å². The van der Waals surface area contributed by atoms with Gasteiger partial charge in [-0.25, -0.2) is 0 Å². The van der Waals surface area contributed by atoms with Gasteiger partial charge in [0.05, 0.1) is 7.11 Å². The van der Waals surface area contributed by atoms with Gasteiger partial charge in [-0.2, -0.15) is 0 Å². The molecule has 1 heterocycles. The van der Waals surface area contributed by atoms with Crippen LogP contribution < -0.4 is 10.1 Å². The summed E-state index contributed by atoms with van der Waals surface area (Å²) in [6, 6.07) is 9.33. The van der Waals surface area contributed by atoms with Gasteiger partial charge in [-0.05, 0) is 38.0 Å². The molecule has 20 heavy (non-hydrogen) atoms. The first-order valence-electron chi connectivity index (χ1n) is 6.36. The van der Waals surface area contributed by atoms with E-state index in [0.29, 0.717) is 6.42 Å². The predicted octanol–water partition coefficient (Wildman–Crippen LogP) is 2.43. The zero-order chi connectivity index (χ0) is 14.6. The van der Waals surface area contributed by atoms with Crippen molar-refractivity contribution in [2.45, 2.75) is 25.8 Å². The van der Waals surface area contributed by atoms with Crippen molar-refractivity contribution in [3.05, 3.63) is 47.9 Å². The maximum absolute atomic E-state index is 12.0. The van der Waals surface area contributed by atoms with Gasteiger partial charge in [0.2, 0.25) is 0 Å². The van der Waals surface area contributed by atoms with E-state index in [1.165, 1.54) is 6.26 Å². The Labute approximate surface area is 117 Å². The Hall–Kier alpha value is -2.30. The standard InChI is InChI=1S/C15H18N2O3/c1-15(2,16-14(18)13-8-9-20-17-13)10-11-4-6-12(19-3)7-5-11/h4-9H,10H2,1-3H3,(H,16,18). The Balaban J connectivity index is 2.00. The van der Waals surface area contributed by atoms with Crippen LogP contribution in [0.2, 0.25) is 0 Å². The average Bonchev–Trinajstić information content (AvgIpc) is 2.92. The molecule has 0 saturated heterocycles. The fourth-order valence-corrected chi connectivity index (χ4v) is 2.00. The topological polar surface area (TPSA) is 64.4 Å². The normalized spacial score (nSPS) is 11.2. The maximum atomic E-state index is 12.0. The molecule has 1 amide bonds. The molecule has 0 bridgehead atoms. The van der Waals surface area contributed by atoms with Crippen LogP contribution in [0.3, 0.4) is 0 Å². The lowest BCUT2D eigenvalue weighted by atomic mass is 9.94. The second kappa shape index (κ2) is 5.77. The summed E-state index contributed by atoms with van der Waals surface area (Å²) in [6.07, 6.45) is 2.09. The molecule has 1 aromatic carbocycles. The number of amides is 1. The van der Waals surface area contributed by atoms with E-state index in [-0.39, 0.29) is 17.1 Å². The lowest BCUT2D eigenvalue weighted by Gasteiger charge is -2.26. The minimum absolute atomic E-state index is 0.239. The van der Waals surface area contributed by atoms with Crippen LogP contribution in [0.25, 0.3) is 0 Å². The monoisotopic (exact) mass is 274 g/mol. The fourth-order valence-electron chi connectivity index (χ4n) is 2.00. The third-order valence-electron chi connectivity index (χ3n) is 2.93. The maximum Gasteiger partial charge on any atom is 0.273 e. The molecule has 2 rings (SSSR count). The molecule has 0 aliphatic rings. The van der Waals surface area contributed by atoms with E-state index in [1.54, 1.807) is 13.2 Å². The van der Waals surface area contributed by atoms with Crippen LogP contribution in [-0.2, 0) is 6.42 Å². The first kappa shape index (κ1) is 14.1. The molecule has 5 nitrogen and oxygen atoms in total. The van der Waals surface area contributed by atoms with Crippen molar-refractivity contribution >= 4 is 5.91 Å². The second-order valence-corrected chi connectivity index (χ2v) is 5.25. The molecule has 0 spiro atoms. The number of hydrogen-bond acceptors (Lipinski definition) is 4. The number of aromatic nitrogens is 1. The Morgan fingerprint density at radius 2 is 2.00 bits per heavy atom.